The van der Waals surface area contributed by atoms with Crippen LogP contribution in [0.25, 0.3) is 0 Å². The van der Waals surface area contributed by atoms with Crippen LogP contribution in [-0.4, -0.2) is 57.7 Å². The van der Waals surface area contributed by atoms with E-state index in [0.717, 1.165) is 38.5 Å². The minimum Gasteiger partial charge on any atom is -0.496 e. The van der Waals surface area contributed by atoms with Crippen molar-refractivity contribution < 1.29 is 19.3 Å². The lowest BCUT2D eigenvalue weighted by Crippen LogP contribution is -3.28. The molecule has 2 aromatic rings. The summed E-state index contributed by atoms with van der Waals surface area (Å²) in [6.45, 7) is 10.0. The van der Waals surface area contributed by atoms with E-state index in [0.29, 0.717) is 6.54 Å². The molecule has 29 heavy (non-hydrogen) atoms. The topological polar surface area (TPSA) is 38.4 Å². The minimum atomic E-state index is 0.101. The van der Waals surface area contributed by atoms with Gasteiger partial charge in [-0.05, 0) is 31.5 Å². The molecule has 1 heterocycles. The van der Waals surface area contributed by atoms with Gasteiger partial charge in [-0.15, -0.1) is 0 Å². The molecule has 1 aliphatic heterocycles. The van der Waals surface area contributed by atoms with Crippen molar-refractivity contribution in [3.05, 3.63) is 65.2 Å². The maximum absolute atomic E-state index is 12.8. The molecule has 0 spiro atoms. The van der Waals surface area contributed by atoms with Crippen molar-refractivity contribution in [2.45, 2.75) is 26.4 Å². The van der Waals surface area contributed by atoms with Crippen molar-refractivity contribution in [3.8, 4) is 5.75 Å². The maximum atomic E-state index is 12.8. The zero-order chi connectivity index (χ0) is 20.8. The zero-order valence-corrected chi connectivity index (χ0v) is 18.2. The summed E-state index contributed by atoms with van der Waals surface area (Å²) in [6.07, 6.45) is 0. The Morgan fingerprint density at radius 1 is 1.07 bits per heavy atom. The first-order valence-corrected chi connectivity index (χ1v) is 10.6. The molecule has 3 rings (SSSR count). The molecule has 1 atom stereocenters. The quantitative estimate of drug-likeness (QED) is 0.715. The van der Waals surface area contributed by atoms with E-state index in [1.54, 1.807) is 12.0 Å². The average molecular weight is 398 g/mol. The number of benzene rings is 2. The van der Waals surface area contributed by atoms with E-state index in [9.17, 15) is 4.79 Å². The molecule has 5 nitrogen and oxygen atoms in total. The molecule has 2 N–H and O–H groups in total. The van der Waals surface area contributed by atoms with Crippen molar-refractivity contribution in [3.63, 3.8) is 0 Å². The number of hydrogen-bond acceptors (Lipinski definition) is 2. The van der Waals surface area contributed by atoms with Gasteiger partial charge in [-0.2, -0.15) is 0 Å². The third kappa shape index (κ3) is 5.58. The lowest BCUT2D eigenvalue weighted by atomic mass is 10.1. The fourth-order valence-electron chi connectivity index (χ4n) is 4.14. The van der Waals surface area contributed by atoms with Gasteiger partial charge in [0, 0.05) is 12.6 Å². The van der Waals surface area contributed by atoms with Gasteiger partial charge >= 0.3 is 0 Å². The van der Waals surface area contributed by atoms with Gasteiger partial charge in [-0.25, -0.2) is 0 Å². The standard InChI is InChI=1S/C24H33N3O2/c1-19-10-11-23(29-4)22(16-19)17-26-12-14-27(15-13-26)18-24(28)25(3)20(2)21-8-6-5-7-9-21/h5-11,16,20H,12-15,17-18H2,1-4H3/p+2/t20-/m0/s1. The van der Waals surface area contributed by atoms with Crippen LogP contribution >= 0.6 is 0 Å². The van der Waals surface area contributed by atoms with Crippen LogP contribution in [0, 0.1) is 6.92 Å². The molecule has 0 aromatic heterocycles. The van der Waals surface area contributed by atoms with Crippen LogP contribution in [0.2, 0.25) is 0 Å². The van der Waals surface area contributed by atoms with E-state index in [-0.39, 0.29) is 11.9 Å². The number of methoxy groups -OCH3 is 1. The number of carbonyl (C=O) groups is 1. The number of nitrogens with one attached hydrogen (secondary N) is 2. The number of carbonyl (C=O) groups excluding carboxylic acids is 1. The summed E-state index contributed by atoms with van der Waals surface area (Å²) >= 11 is 0. The molecule has 0 radical (unpaired) electrons. The Morgan fingerprint density at radius 2 is 1.72 bits per heavy atom. The van der Waals surface area contributed by atoms with Gasteiger partial charge in [0.2, 0.25) is 0 Å². The van der Waals surface area contributed by atoms with Gasteiger partial charge in [0.25, 0.3) is 5.91 Å². The highest BCUT2D eigenvalue weighted by atomic mass is 16.5. The molecule has 0 saturated carbocycles. The largest absolute Gasteiger partial charge is 0.496 e. The molecule has 0 unspecified atom stereocenters. The molecule has 0 bridgehead atoms. The Labute approximate surface area is 174 Å². The number of rotatable bonds is 7. The maximum Gasteiger partial charge on any atom is 0.278 e. The Bertz CT molecular complexity index is 801. The summed E-state index contributed by atoms with van der Waals surface area (Å²) in [5, 5.41) is 0. The Morgan fingerprint density at radius 3 is 2.38 bits per heavy atom. The first kappa shape index (κ1) is 21.3. The van der Waals surface area contributed by atoms with Crippen LogP contribution in [0.5, 0.6) is 5.75 Å². The van der Waals surface area contributed by atoms with Crippen LogP contribution in [-0.2, 0) is 11.3 Å². The zero-order valence-electron chi connectivity index (χ0n) is 18.2. The number of hydrogen-bond donors (Lipinski definition) is 2. The summed E-state index contributed by atoms with van der Waals surface area (Å²) in [4.78, 5) is 17.6. The van der Waals surface area contributed by atoms with Crippen molar-refractivity contribution in [1.29, 1.82) is 0 Å². The van der Waals surface area contributed by atoms with E-state index in [2.05, 4.69) is 44.2 Å². The van der Waals surface area contributed by atoms with Crippen molar-refractivity contribution in [2.75, 3.05) is 46.9 Å². The molecule has 156 valence electrons. The molecule has 1 fully saturated rings. The number of quaternary nitrogens is 2. The lowest BCUT2D eigenvalue weighted by molar-refractivity contribution is -1.02. The number of ether oxygens (including phenoxy) is 1. The van der Waals surface area contributed by atoms with Crippen LogP contribution in [0.15, 0.2) is 48.5 Å². The molecule has 1 aliphatic rings. The highest BCUT2D eigenvalue weighted by Crippen LogP contribution is 2.19. The molecule has 0 aliphatic carbocycles. The Kier molecular flexibility index (Phi) is 7.29. The fraction of sp³-hybridized carbons (Fsp3) is 0.458. The van der Waals surface area contributed by atoms with Gasteiger partial charge in [0.15, 0.2) is 6.54 Å². The minimum absolute atomic E-state index is 0.101. The summed E-state index contributed by atoms with van der Waals surface area (Å²) in [7, 11) is 3.66. The number of nitrogens with zero attached hydrogens (tertiary/aromatic N) is 1. The van der Waals surface area contributed by atoms with Crippen molar-refractivity contribution in [2.24, 2.45) is 0 Å². The van der Waals surface area contributed by atoms with Crippen LogP contribution in [0.4, 0.5) is 0 Å². The molecule has 2 aromatic carbocycles. The van der Waals surface area contributed by atoms with Gasteiger partial charge < -0.3 is 19.4 Å². The monoisotopic (exact) mass is 397 g/mol. The van der Waals surface area contributed by atoms with Gasteiger partial charge in [0.1, 0.15) is 38.5 Å². The number of piperazine rings is 1. The average Bonchev–Trinajstić information content (AvgIpc) is 2.75. The lowest BCUT2D eigenvalue weighted by Gasteiger charge is -2.32. The molecule has 5 heteroatoms. The third-order valence-electron chi connectivity index (χ3n) is 6.20. The number of likely N-dealkylation sites (N-methyl/N-ethyl adjacent to an activating group) is 1. The second-order valence-corrected chi connectivity index (χ2v) is 8.26. The first-order valence-electron chi connectivity index (χ1n) is 10.6. The summed E-state index contributed by atoms with van der Waals surface area (Å²) < 4.78 is 5.53. The summed E-state index contributed by atoms with van der Waals surface area (Å²) in [6, 6.07) is 16.7. The smallest absolute Gasteiger partial charge is 0.278 e. The van der Waals surface area contributed by atoms with Crippen LogP contribution in [0.1, 0.15) is 29.7 Å². The highest BCUT2D eigenvalue weighted by molar-refractivity contribution is 5.77. The van der Waals surface area contributed by atoms with Gasteiger partial charge in [-0.1, -0.05) is 42.0 Å². The summed E-state index contributed by atoms with van der Waals surface area (Å²) in [5.74, 6) is 1.20. The van der Waals surface area contributed by atoms with E-state index in [1.807, 2.05) is 30.1 Å². The van der Waals surface area contributed by atoms with E-state index in [4.69, 9.17) is 4.74 Å². The van der Waals surface area contributed by atoms with Crippen LogP contribution in [0.3, 0.4) is 0 Å². The second-order valence-electron chi connectivity index (χ2n) is 8.26. The molecular weight excluding hydrogens is 362 g/mol. The Hall–Kier alpha value is -2.37. The SMILES string of the molecule is COc1ccc(C)cc1C[NH+]1CC[NH+](CC(=O)N(C)[C@@H](C)c2ccccc2)CC1. The van der Waals surface area contributed by atoms with Crippen LogP contribution < -0.4 is 14.5 Å². The summed E-state index contributed by atoms with van der Waals surface area (Å²) in [5.41, 5.74) is 3.73. The van der Waals surface area contributed by atoms with E-state index >= 15 is 0 Å². The second kappa shape index (κ2) is 9.90. The predicted molar refractivity (Wildman–Crippen MR) is 115 cm³/mol. The van der Waals surface area contributed by atoms with Crippen molar-refractivity contribution in [1.82, 2.24) is 4.90 Å². The fourth-order valence-corrected chi connectivity index (χ4v) is 4.14. The normalized spacial score (nSPS) is 20.1. The predicted octanol–water partition coefficient (Wildman–Crippen LogP) is 0.507. The first-order chi connectivity index (χ1) is 14.0. The van der Waals surface area contributed by atoms with Gasteiger partial charge in [-0.3, -0.25) is 4.79 Å². The Balaban J connectivity index is 1.49. The molecular formula is C24H35N3O2+2. The molecule has 1 saturated heterocycles. The number of aryl methyl sites for hydroxylation is 1. The van der Waals surface area contributed by atoms with E-state index < -0.39 is 0 Å². The van der Waals surface area contributed by atoms with E-state index in [1.165, 1.54) is 21.6 Å². The highest BCUT2D eigenvalue weighted by Gasteiger charge is 2.28. The van der Waals surface area contributed by atoms with Crippen molar-refractivity contribution >= 4 is 5.91 Å². The number of amides is 1. The third-order valence-corrected chi connectivity index (χ3v) is 6.20. The molecule has 1 amide bonds. The van der Waals surface area contributed by atoms with Gasteiger partial charge in [0.05, 0.1) is 13.2 Å².